The van der Waals surface area contributed by atoms with Crippen LogP contribution in [0.4, 0.5) is 9.59 Å². The van der Waals surface area contributed by atoms with Crippen LogP contribution in [0, 0.1) is 0 Å². The van der Waals surface area contributed by atoms with Gasteiger partial charge in [0, 0.05) is 16.5 Å². The lowest BCUT2D eigenvalue weighted by Crippen LogP contribution is -2.52. The largest absolute Gasteiger partial charge is 0.458 e. The molecule has 0 saturated heterocycles. The van der Waals surface area contributed by atoms with Crippen LogP contribution in [0.25, 0.3) is 22.3 Å². The third-order valence-electron chi connectivity index (χ3n) is 8.57. The summed E-state index contributed by atoms with van der Waals surface area (Å²) in [5.74, 6) is -0.864. The molecule has 2 aliphatic heterocycles. The molecule has 2 amide bonds. The predicted molar refractivity (Wildman–Crippen MR) is 172 cm³/mol. The molecule has 5 aromatic rings. The summed E-state index contributed by atoms with van der Waals surface area (Å²) in [6.45, 7) is 1.01. The number of hydrogen-bond acceptors (Lipinski definition) is 9. The van der Waals surface area contributed by atoms with Crippen molar-refractivity contribution in [2.75, 3.05) is 0 Å². The molecule has 48 heavy (non-hydrogen) atoms. The third kappa shape index (κ3) is 5.31. The van der Waals surface area contributed by atoms with E-state index in [1.165, 1.54) is 10.6 Å². The Balaban J connectivity index is 1.36. The summed E-state index contributed by atoms with van der Waals surface area (Å²) in [7, 11) is 0. The summed E-state index contributed by atoms with van der Waals surface area (Å²) in [6.07, 6.45) is -3.30. The summed E-state index contributed by atoms with van der Waals surface area (Å²) < 4.78 is 17.7. The Kier molecular flexibility index (Phi) is 7.85. The van der Waals surface area contributed by atoms with Gasteiger partial charge in [-0.3, -0.25) is 9.36 Å². The van der Waals surface area contributed by atoms with Crippen molar-refractivity contribution >= 4 is 29.1 Å². The van der Waals surface area contributed by atoms with Gasteiger partial charge in [-0.05, 0) is 35.7 Å². The van der Waals surface area contributed by atoms with E-state index >= 15 is 0 Å². The SMILES string of the molecule is CC[C@@]1(O)C(=O)OCc2c1cc1n(c2=O)[C@@H](N(NC(=O)OCc2ccccc2)C(=O)OCc2ccccc2)c2cc3ccccc3nc2-1. The number of pyridine rings is 2. The second kappa shape index (κ2) is 12.3. The fourth-order valence-electron chi connectivity index (χ4n) is 6.08. The first-order valence-corrected chi connectivity index (χ1v) is 15.3. The van der Waals surface area contributed by atoms with Gasteiger partial charge in [0.2, 0.25) is 0 Å². The summed E-state index contributed by atoms with van der Waals surface area (Å²) in [5.41, 5.74) is 2.90. The Morgan fingerprint density at radius 2 is 1.60 bits per heavy atom. The van der Waals surface area contributed by atoms with Gasteiger partial charge < -0.3 is 19.3 Å². The van der Waals surface area contributed by atoms with E-state index in [9.17, 15) is 24.3 Å². The number of ether oxygens (including phenoxy) is 3. The molecule has 2 aliphatic rings. The van der Waals surface area contributed by atoms with Gasteiger partial charge in [-0.15, -0.1) is 0 Å². The number of aliphatic hydroxyl groups is 1. The molecule has 12 heteroatoms. The Hall–Kier alpha value is -6.01. The Labute approximate surface area is 274 Å². The Morgan fingerprint density at radius 3 is 2.29 bits per heavy atom. The molecule has 4 heterocycles. The zero-order valence-corrected chi connectivity index (χ0v) is 25.8. The molecule has 0 fully saturated rings. The Bertz CT molecular complexity index is 2120. The average Bonchev–Trinajstić information content (AvgIpc) is 3.43. The number of aromatic nitrogens is 2. The third-order valence-corrected chi connectivity index (χ3v) is 8.57. The molecule has 0 spiro atoms. The second-order valence-electron chi connectivity index (χ2n) is 11.5. The first-order chi connectivity index (χ1) is 23.3. The van der Waals surface area contributed by atoms with E-state index in [0.717, 1.165) is 10.6 Å². The number of para-hydroxylation sites is 1. The van der Waals surface area contributed by atoms with Crippen LogP contribution < -0.4 is 11.0 Å². The van der Waals surface area contributed by atoms with Gasteiger partial charge in [0.25, 0.3) is 5.56 Å². The number of rotatable bonds is 6. The first-order valence-electron chi connectivity index (χ1n) is 15.3. The van der Waals surface area contributed by atoms with Crippen LogP contribution in [-0.2, 0) is 44.4 Å². The quantitative estimate of drug-likeness (QED) is 0.147. The highest BCUT2D eigenvalue weighted by Crippen LogP contribution is 2.43. The maximum atomic E-state index is 14.4. The molecular weight excluding hydrogens is 616 g/mol. The van der Waals surface area contributed by atoms with Crippen molar-refractivity contribution < 1.29 is 33.7 Å². The van der Waals surface area contributed by atoms with Crippen LogP contribution in [-0.4, -0.2) is 37.8 Å². The predicted octanol–water partition coefficient (Wildman–Crippen LogP) is 5.06. The molecule has 0 unspecified atom stereocenters. The van der Waals surface area contributed by atoms with Crippen molar-refractivity contribution in [3.8, 4) is 11.4 Å². The van der Waals surface area contributed by atoms with E-state index < -0.39 is 35.5 Å². The van der Waals surface area contributed by atoms with Gasteiger partial charge in [-0.1, -0.05) is 85.8 Å². The van der Waals surface area contributed by atoms with Gasteiger partial charge in [-0.25, -0.2) is 24.8 Å². The number of hydrazine groups is 1. The molecule has 242 valence electrons. The zero-order valence-electron chi connectivity index (χ0n) is 25.8. The lowest BCUT2D eigenvalue weighted by molar-refractivity contribution is -0.172. The fraction of sp³-hybridized carbons (Fsp3) is 0.194. The van der Waals surface area contributed by atoms with Gasteiger partial charge in [0.15, 0.2) is 11.8 Å². The van der Waals surface area contributed by atoms with Crippen LogP contribution in [0.2, 0.25) is 0 Å². The number of cyclic esters (lactones) is 1. The number of amides is 2. The number of nitrogens with one attached hydrogen (secondary N) is 1. The average molecular weight is 647 g/mol. The van der Waals surface area contributed by atoms with E-state index in [0.29, 0.717) is 27.7 Å². The van der Waals surface area contributed by atoms with E-state index in [-0.39, 0.29) is 43.1 Å². The lowest BCUT2D eigenvalue weighted by Gasteiger charge is -2.33. The Morgan fingerprint density at radius 1 is 0.958 bits per heavy atom. The number of nitrogens with zero attached hydrogens (tertiary/aromatic N) is 3. The van der Waals surface area contributed by atoms with Gasteiger partial charge in [-0.2, -0.15) is 5.01 Å². The van der Waals surface area contributed by atoms with Gasteiger partial charge in [0.1, 0.15) is 19.8 Å². The summed E-state index contributed by atoms with van der Waals surface area (Å²) in [5, 5.41) is 13.0. The molecule has 7 rings (SSSR count). The van der Waals surface area contributed by atoms with Crippen molar-refractivity contribution in [1.29, 1.82) is 0 Å². The van der Waals surface area contributed by atoms with Crippen molar-refractivity contribution in [1.82, 2.24) is 20.0 Å². The molecule has 2 aromatic heterocycles. The van der Waals surface area contributed by atoms with Crippen molar-refractivity contribution in [2.45, 2.75) is 44.9 Å². The monoisotopic (exact) mass is 646 g/mol. The molecule has 2 N–H and O–H groups in total. The highest BCUT2D eigenvalue weighted by molar-refractivity contribution is 5.87. The second-order valence-corrected chi connectivity index (χ2v) is 11.5. The number of hydrogen-bond donors (Lipinski definition) is 2. The highest BCUT2D eigenvalue weighted by Gasteiger charge is 2.48. The van der Waals surface area contributed by atoms with Crippen molar-refractivity contribution in [3.63, 3.8) is 0 Å². The molecule has 0 saturated carbocycles. The topological polar surface area (TPSA) is 149 Å². The van der Waals surface area contributed by atoms with Crippen LogP contribution in [0.1, 0.15) is 47.3 Å². The number of esters is 1. The van der Waals surface area contributed by atoms with Crippen LogP contribution >= 0.6 is 0 Å². The molecule has 0 aliphatic carbocycles. The molecule has 0 bridgehead atoms. The first kappa shape index (κ1) is 30.6. The summed E-state index contributed by atoms with van der Waals surface area (Å²) in [4.78, 5) is 59.3. The summed E-state index contributed by atoms with van der Waals surface area (Å²) >= 11 is 0. The number of fused-ring (bicyclic) bond motifs is 5. The summed E-state index contributed by atoms with van der Waals surface area (Å²) in [6, 6.07) is 28.6. The number of benzene rings is 3. The smallest absolute Gasteiger partial charge is 0.431 e. The van der Waals surface area contributed by atoms with E-state index in [4.69, 9.17) is 19.2 Å². The molecular formula is C36H30N4O8. The fourth-order valence-corrected chi connectivity index (χ4v) is 6.08. The number of carbonyl (C=O) groups excluding carboxylic acids is 3. The van der Waals surface area contributed by atoms with Gasteiger partial charge in [0.05, 0.1) is 22.5 Å². The minimum atomic E-state index is -2.06. The minimum Gasteiger partial charge on any atom is -0.458 e. The van der Waals surface area contributed by atoms with Crippen molar-refractivity contribution in [3.05, 3.63) is 135 Å². The standard InChI is InChI=1S/C36H30N4O8/c1-2-36(45)27-18-29-30-25(17-24-15-9-10-16-28(24)37-30)31(39(29)32(41)26(27)21-46-33(36)42)40(35(44)48-20-23-13-7-4-8-14-23)38-34(43)47-19-22-11-5-3-6-12-22/h3-18,31,45H,2,19-21H2,1H3,(H,38,43)/t31-,36-/m0/s1. The maximum Gasteiger partial charge on any atom is 0.431 e. The molecule has 2 atom stereocenters. The van der Waals surface area contributed by atoms with Crippen LogP contribution in [0.3, 0.4) is 0 Å². The lowest BCUT2D eigenvalue weighted by atomic mass is 9.86. The van der Waals surface area contributed by atoms with Crippen LogP contribution in [0.15, 0.2) is 102 Å². The van der Waals surface area contributed by atoms with E-state index in [1.807, 2.05) is 30.3 Å². The van der Waals surface area contributed by atoms with E-state index in [2.05, 4.69) is 5.43 Å². The number of carbonyl (C=O) groups is 3. The normalized spacial score (nSPS) is 17.5. The molecule has 0 radical (unpaired) electrons. The molecule has 12 nitrogen and oxygen atoms in total. The van der Waals surface area contributed by atoms with Gasteiger partial charge >= 0.3 is 18.2 Å². The maximum absolute atomic E-state index is 14.4. The zero-order chi connectivity index (χ0) is 33.4. The van der Waals surface area contributed by atoms with E-state index in [1.54, 1.807) is 67.6 Å². The highest BCUT2D eigenvalue weighted by atomic mass is 16.6. The molecule has 3 aromatic carbocycles. The van der Waals surface area contributed by atoms with Crippen molar-refractivity contribution in [2.24, 2.45) is 0 Å². The van der Waals surface area contributed by atoms with Crippen LogP contribution in [0.5, 0.6) is 0 Å². The minimum absolute atomic E-state index is 0.0364.